The van der Waals surface area contributed by atoms with Gasteiger partial charge in [-0.1, -0.05) is 41.9 Å². The summed E-state index contributed by atoms with van der Waals surface area (Å²) < 4.78 is 52.8. The molecule has 1 aliphatic carbocycles. The summed E-state index contributed by atoms with van der Waals surface area (Å²) in [5, 5.41) is 9.45. The number of aliphatic hydroxyl groups is 1. The van der Waals surface area contributed by atoms with Gasteiger partial charge in [-0.05, 0) is 37.8 Å². The Morgan fingerprint density at radius 3 is 2.49 bits per heavy atom. The maximum Gasteiger partial charge on any atom is 0.301 e. The van der Waals surface area contributed by atoms with Gasteiger partial charge in [-0.3, -0.25) is 4.40 Å². The molecule has 3 aliphatic rings. The first-order valence-electron chi connectivity index (χ1n) is 12.0. The highest BCUT2D eigenvalue weighted by atomic mass is 35.5. The van der Waals surface area contributed by atoms with Crippen molar-refractivity contribution in [2.24, 2.45) is 0 Å². The fourth-order valence-electron chi connectivity index (χ4n) is 5.63. The van der Waals surface area contributed by atoms with E-state index < -0.39 is 22.9 Å². The number of aromatic nitrogens is 3. The highest BCUT2D eigenvalue weighted by Gasteiger charge is 2.52. The van der Waals surface area contributed by atoms with Crippen molar-refractivity contribution in [2.45, 2.75) is 42.6 Å². The number of alkyl halides is 2. The van der Waals surface area contributed by atoms with E-state index in [1.807, 2.05) is 4.40 Å². The van der Waals surface area contributed by atoms with E-state index in [1.54, 1.807) is 12.4 Å². The maximum atomic E-state index is 15.2. The number of halogens is 4. The number of fused-ring (bicyclic) bond motifs is 4. The van der Waals surface area contributed by atoms with Gasteiger partial charge in [0.2, 0.25) is 0 Å². The number of hydrogen-bond acceptors (Lipinski definition) is 5. The van der Waals surface area contributed by atoms with E-state index in [-0.39, 0.29) is 28.4 Å². The van der Waals surface area contributed by atoms with Crippen LogP contribution in [0.25, 0.3) is 16.8 Å². The van der Waals surface area contributed by atoms with Gasteiger partial charge in [-0.15, -0.1) is 0 Å². The van der Waals surface area contributed by atoms with Crippen molar-refractivity contribution in [3.05, 3.63) is 82.6 Å². The number of nitrogens with zero attached hydrogens (tertiary/aromatic N) is 3. The number of rotatable bonds is 5. The zero-order valence-corrected chi connectivity index (χ0v) is 20.5. The van der Waals surface area contributed by atoms with Gasteiger partial charge in [0.25, 0.3) is 0 Å². The molecule has 7 rings (SSSR count). The zero-order chi connectivity index (χ0) is 26.0. The van der Waals surface area contributed by atoms with Gasteiger partial charge in [0, 0.05) is 23.5 Å². The Balaban J connectivity index is 1.42. The summed E-state index contributed by atoms with van der Waals surface area (Å²) in [5.74, 6) is -3.70. The smallest absolute Gasteiger partial charge is 0.301 e. The molecule has 0 spiro atoms. The lowest BCUT2D eigenvalue weighted by Crippen LogP contribution is -2.55. The molecule has 4 heterocycles. The molecule has 2 bridgehead atoms. The van der Waals surface area contributed by atoms with Crippen molar-refractivity contribution in [2.75, 3.05) is 18.9 Å². The maximum absolute atomic E-state index is 15.2. The van der Waals surface area contributed by atoms with Crippen LogP contribution in [0, 0.1) is 5.82 Å². The molecule has 0 atom stereocenters. The molecule has 0 radical (unpaired) electrons. The number of hydrogen-bond donors (Lipinski definition) is 2. The number of benzene rings is 2. The number of aliphatic hydroxyl groups excluding tert-OH is 1. The van der Waals surface area contributed by atoms with E-state index in [0.717, 1.165) is 37.6 Å². The Morgan fingerprint density at radius 2 is 1.84 bits per heavy atom. The predicted molar refractivity (Wildman–Crippen MR) is 133 cm³/mol. The Bertz CT molecular complexity index is 1480. The number of nitrogens with two attached hydrogens (primary N) is 1. The molecule has 2 aromatic heterocycles. The Morgan fingerprint density at radius 1 is 1.11 bits per heavy atom. The third kappa shape index (κ3) is 3.63. The van der Waals surface area contributed by atoms with Crippen LogP contribution in [0.3, 0.4) is 0 Å². The van der Waals surface area contributed by atoms with E-state index in [9.17, 15) is 9.50 Å². The quantitative estimate of drug-likeness (QED) is 0.358. The first-order valence-corrected chi connectivity index (χ1v) is 12.4. The third-order valence-electron chi connectivity index (χ3n) is 7.93. The zero-order valence-electron chi connectivity index (χ0n) is 19.7. The van der Waals surface area contributed by atoms with Crippen LogP contribution in [0.5, 0.6) is 0 Å². The minimum Gasteiger partial charge on any atom is -0.393 e. The van der Waals surface area contributed by atoms with Crippen LogP contribution in [0.2, 0.25) is 5.02 Å². The van der Waals surface area contributed by atoms with Gasteiger partial charge in [0.1, 0.15) is 22.9 Å². The minimum absolute atomic E-state index is 0.0103. The average molecular weight is 529 g/mol. The van der Waals surface area contributed by atoms with Gasteiger partial charge < -0.3 is 15.6 Å². The van der Waals surface area contributed by atoms with Crippen LogP contribution in [0.1, 0.15) is 42.6 Å². The first kappa shape index (κ1) is 24.2. The van der Waals surface area contributed by atoms with Crippen LogP contribution in [0.15, 0.2) is 54.9 Å². The summed E-state index contributed by atoms with van der Waals surface area (Å²) in [4.78, 5) is 9.20. The average Bonchev–Trinajstić information content (AvgIpc) is 3.33. The Kier molecular flexibility index (Phi) is 5.52. The Hall–Kier alpha value is -3.14. The van der Waals surface area contributed by atoms with Gasteiger partial charge in [-0.25, -0.2) is 14.4 Å². The van der Waals surface area contributed by atoms with Gasteiger partial charge >= 0.3 is 5.92 Å². The summed E-state index contributed by atoms with van der Waals surface area (Å²) in [6.07, 6.45) is 6.42. The van der Waals surface area contributed by atoms with Crippen LogP contribution >= 0.6 is 11.6 Å². The van der Waals surface area contributed by atoms with Crippen molar-refractivity contribution >= 4 is 22.9 Å². The third-order valence-corrected chi connectivity index (χ3v) is 8.22. The monoisotopic (exact) mass is 528 g/mol. The van der Waals surface area contributed by atoms with Crippen LogP contribution in [-0.4, -0.2) is 38.3 Å². The molecule has 0 unspecified atom stereocenters. The number of nitrogen functional groups attached to an aromatic ring is 1. The van der Waals surface area contributed by atoms with Gasteiger partial charge in [0.05, 0.1) is 34.8 Å². The highest BCUT2D eigenvalue weighted by Crippen LogP contribution is 2.50. The lowest BCUT2D eigenvalue weighted by Gasteiger charge is -2.51. The molecular weight excluding hydrogens is 505 g/mol. The van der Waals surface area contributed by atoms with E-state index in [0.29, 0.717) is 23.4 Å². The molecule has 192 valence electrons. The fraction of sp³-hybridized carbons (Fsp3) is 0.333. The molecule has 0 amide bonds. The highest BCUT2D eigenvalue weighted by molar-refractivity contribution is 6.30. The summed E-state index contributed by atoms with van der Waals surface area (Å²) in [5.41, 5.74) is 5.93. The second-order valence-corrected chi connectivity index (χ2v) is 10.4. The predicted octanol–water partition coefficient (Wildman–Crippen LogP) is 5.48. The lowest BCUT2D eigenvalue weighted by molar-refractivity contribution is -0.177. The van der Waals surface area contributed by atoms with E-state index in [4.69, 9.17) is 27.1 Å². The molecule has 3 fully saturated rings. The van der Waals surface area contributed by atoms with Gasteiger partial charge in [0.15, 0.2) is 5.82 Å². The van der Waals surface area contributed by atoms with E-state index >= 15 is 8.78 Å². The second-order valence-electron chi connectivity index (χ2n) is 9.98. The summed E-state index contributed by atoms with van der Waals surface area (Å²) in [6.45, 7) is 0.411. The first-order chi connectivity index (χ1) is 17.7. The fourth-order valence-corrected chi connectivity index (χ4v) is 5.81. The molecule has 2 saturated heterocycles. The van der Waals surface area contributed by atoms with Gasteiger partial charge in [-0.2, -0.15) is 8.78 Å². The van der Waals surface area contributed by atoms with Crippen LogP contribution in [-0.2, 0) is 16.1 Å². The summed E-state index contributed by atoms with van der Waals surface area (Å²) in [6, 6.07) is 9.11. The van der Waals surface area contributed by atoms with Crippen molar-refractivity contribution in [3.8, 4) is 11.3 Å². The molecule has 3 N–H and O–H groups in total. The lowest BCUT2D eigenvalue weighted by atomic mass is 9.66. The van der Waals surface area contributed by atoms with Crippen molar-refractivity contribution in [1.29, 1.82) is 0 Å². The summed E-state index contributed by atoms with van der Waals surface area (Å²) >= 11 is 5.73. The van der Waals surface area contributed by atoms with Crippen LogP contribution in [0.4, 0.5) is 19.0 Å². The SMILES string of the molecule is Nc1nccn2c(C34CCC(CO)(CC3)OC4)nc(-c3ccc(C(F)(F)c4cccc(Cl)c4F)cc3)c12. The van der Waals surface area contributed by atoms with Crippen molar-refractivity contribution in [3.63, 3.8) is 0 Å². The van der Waals surface area contributed by atoms with Crippen molar-refractivity contribution < 1.29 is 23.0 Å². The number of ether oxygens (including phenoxy) is 1. The molecule has 10 heteroatoms. The number of anilines is 1. The molecule has 1 saturated carbocycles. The van der Waals surface area contributed by atoms with Crippen molar-refractivity contribution in [1.82, 2.24) is 14.4 Å². The molecule has 2 aromatic carbocycles. The second kappa shape index (κ2) is 8.44. The molecule has 6 nitrogen and oxygen atoms in total. The normalized spacial score (nSPS) is 23.6. The van der Waals surface area contributed by atoms with Crippen LogP contribution < -0.4 is 5.73 Å². The number of imidazole rings is 1. The molecular formula is C27H24ClF3N4O2. The Labute approximate surface area is 215 Å². The molecule has 4 aromatic rings. The standard InChI is InChI=1S/C27H24ClF3N4O2/c28-19-3-1-2-18(20(19)29)27(30,31)17-6-4-16(5-7-17)21-22-23(32)33-12-13-35(22)24(34-21)25-8-10-26(14-36,11-9-25)37-15-25/h1-7,12-13,36H,8-11,14-15H2,(H2,32,33). The minimum atomic E-state index is -3.59. The largest absolute Gasteiger partial charge is 0.393 e. The van der Waals surface area contributed by atoms with E-state index in [1.165, 1.54) is 36.4 Å². The molecule has 37 heavy (non-hydrogen) atoms. The summed E-state index contributed by atoms with van der Waals surface area (Å²) in [7, 11) is 0. The van der Waals surface area contributed by atoms with E-state index in [2.05, 4.69) is 4.98 Å². The topological polar surface area (TPSA) is 85.7 Å². The molecule has 2 aliphatic heterocycles.